The highest BCUT2D eigenvalue weighted by molar-refractivity contribution is 5.96. The van der Waals surface area contributed by atoms with Crippen molar-refractivity contribution in [3.05, 3.63) is 24.9 Å². The molecule has 150 valence electrons. The zero-order chi connectivity index (χ0) is 19.6. The predicted octanol–water partition coefficient (Wildman–Crippen LogP) is 3.06. The van der Waals surface area contributed by atoms with Crippen molar-refractivity contribution in [2.45, 2.75) is 69.9 Å². The maximum atomic E-state index is 12.9. The van der Waals surface area contributed by atoms with E-state index in [1.54, 1.807) is 0 Å². The number of ether oxygens (including phenoxy) is 2. The van der Waals surface area contributed by atoms with Crippen molar-refractivity contribution < 1.29 is 23.9 Å². The van der Waals surface area contributed by atoms with E-state index < -0.39 is 18.1 Å². The van der Waals surface area contributed by atoms with Crippen molar-refractivity contribution in [3.8, 4) is 0 Å². The molecule has 2 amide bonds. The van der Waals surface area contributed by atoms with Crippen molar-refractivity contribution >= 4 is 18.0 Å². The van der Waals surface area contributed by atoms with Crippen molar-refractivity contribution in [2.75, 3.05) is 13.2 Å². The average molecular weight is 378 g/mol. The molecule has 1 atom stereocenters. The highest BCUT2D eigenvalue weighted by Gasteiger charge is 2.33. The normalized spacial score (nSPS) is 18.7. The number of alkyl carbamates (subject to hydrolysis) is 1. The smallest absolute Gasteiger partial charge is 0.408 e. The molecule has 7 heteroatoms. The molecule has 2 aliphatic rings. The van der Waals surface area contributed by atoms with E-state index in [1.165, 1.54) is 4.90 Å². The van der Waals surface area contributed by atoms with E-state index in [1.807, 2.05) is 6.08 Å². The van der Waals surface area contributed by atoms with Crippen molar-refractivity contribution in [1.82, 2.24) is 10.2 Å². The van der Waals surface area contributed by atoms with Gasteiger partial charge in [-0.2, -0.15) is 0 Å². The molecule has 1 aliphatic heterocycles. The van der Waals surface area contributed by atoms with Crippen LogP contribution in [0.15, 0.2) is 24.9 Å². The molecule has 1 heterocycles. The topological polar surface area (TPSA) is 84.9 Å². The van der Waals surface area contributed by atoms with Gasteiger partial charge in [-0.15, -0.1) is 6.58 Å². The number of rotatable bonds is 9. The van der Waals surface area contributed by atoms with Crippen molar-refractivity contribution in [3.63, 3.8) is 0 Å². The molecular formula is C20H30N2O5. The third kappa shape index (κ3) is 6.41. The van der Waals surface area contributed by atoms with Crippen LogP contribution in [-0.2, 0) is 19.1 Å². The fourth-order valence-corrected chi connectivity index (χ4v) is 3.39. The molecule has 0 aromatic rings. The number of cyclic esters (lactones) is 1. The van der Waals surface area contributed by atoms with Gasteiger partial charge in [-0.25, -0.2) is 9.59 Å². The van der Waals surface area contributed by atoms with Crippen LogP contribution >= 0.6 is 0 Å². The molecular weight excluding hydrogens is 348 g/mol. The van der Waals surface area contributed by atoms with Crippen LogP contribution in [-0.4, -0.2) is 48.2 Å². The second kappa shape index (κ2) is 10.7. The second-order valence-corrected chi connectivity index (χ2v) is 7.01. The molecule has 0 radical (unpaired) electrons. The van der Waals surface area contributed by atoms with Gasteiger partial charge >= 0.3 is 12.1 Å². The Hall–Kier alpha value is -2.31. The summed E-state index contributed by atoms with van der Waals surface area (Å²) >= 11 is 0. The van der Waals surface area contributed by atoms with Gasteiger partial charge in [-0.3, -0.25) is 4.79 Å². The Morgan fingerprint density at radius 2 is 2.04 bits per heavy atom. The zero-order valence-electron chi connectivity index (χ0n) is 15.9. The number of amides is 2. The Balaban J connectivity index is 1.95. The molecule has 0 aromatic carbocycles. The number of unbranched alkanes of at least 4 members (excludes halogenated alkanes) is 3. The summed E-state index contributed by atoms with van der Waals surface area (Å²) in [5.74, 6) is -0.948. The van der Waals surface area contributed by atoms with Crippen LogP contribution in [0.3, 0.4) is 0 Å². The van der Waals surface area contributed by atoms with Gasteiger partial charge < -0.3 is 19.7 Å². The fraction of sp³-hybridized carbons (Fsp3) is 0.650. The van der Waals surface area contributed by atoms with E-state index in [0.29, 0.717) is 6.42 Å². The number of carbonyl (C=O) groups is 3. The first-order valence-corrected chi connectivity index (χ1v) is 9.78. The second-order valence-electron chi connectivity index (χ2n) is 7.01. The monoisotopic (exact) mass is 378 g/mol. The van der Waals surface area contributed by atoms with Gasteiger partial charge in [0.2, 0.25) is 5.91 Å². The predicted molar refractivity (Wildman–Crippen MR) is 101 cm³/mol. The lowest BCUT2D eigenvalue weighted by Gasteiger charge is -2.31. The number of nitrogens with zero attached hydrogens (tertiary/aromatic N) is 1. The summed E-state index contributed by atoms with van der Waals surface area (Å²) in [7, 11) is 0. The summed E-state index contributed by atoms with van der Waals surface area (Å²) in [6.45, 7) is 7.71. The molecule has 1 N–H and O–H groups in total. The van der Waals surface area contributed by atoms with Crippen molar-refractivity contribution in [2.24, 2.45) is 0 Å². The van der Waals surface area contributed by atoms with E-state index in [2.05, 4.69) is 18.5 Å². The molecule has 1 saturated carbocycles. The van der Waals surface area contributed by atoms with Crippen LogP contribution in [0, 0.1) is 0 Å². The van der Waals surface area contributed by atoms with E-state index in [9.17, 15) is 14.4 Å². The van der Waals surface area contributed by atoms with Gasteiger partial charge in [-0.05, 0) is 44.9 Å². The number of morpholine rings is 1. The minimum atomic E-state index is -0.745. The number of nitrogens with one attached hydrogen (secondary N) is 1. The molecule has 0 bridgehead atoms. The SMILES string of the molecule is C=CCCCCC[C@H](NC(=O)OC1CCCC1)C(=O)N1CCOC(=O)C1=C. The number of carbonyl (C=O) groups excluding carboxylic acids is 3. The van der Waals surface area contributed by atoms with Crippen LogP contribution in [0.4, 0.5) is 4.79 Å². The van der Waals surface area contributed by atoms with Gasteiger partial charge in [0.25, 0.3) is 0 Å². The lowest BCUT2D eigenvalue weighted by Crippen LogP contribution is -2.52. The highest BCUT2D eigenvalue weighted by atomic mass is 16.6. The maximum absolute atomic E-state index is 12.9. The zero-order valence-corrected chi connectivity index (χ0v) is 15.9. The van der Waals surface area contributed by atoms with E-state index in [-0.39, 0.29) is 30.9 Å². The number of allylic oxidation sites excluding steroid dienone is 1. The summed E-state index contributed by atoms with van der Waals surface area (Å²) in [6, 6.07) is -0.745. The number of hydrogen-bond acceptors (Lipinski definition) is 5. The first-order valence-electron chi connectivity index (χ1n) is 9.78. The van der Waals surface area contributed by atoms with Gasteiger partial charge in [0, 0.05) is 0 Å². The minimum Gasteiger partial charge on any atom is -0.459 e. The molecule has 0 unspecified atom stereocenters. The summed E-state index contributed by atoms with van der Waals surface area (Å²) < 4.78 is 10.3. The first-order chi connectivity index (χ1) is 13.0. The molecule has 1 aliphatic carbocycles. The molecule has 2 fully saturated rings. The van der Waals surface area contributed by atoms with E-state index in [4.69, 9.17) is 9.47 Å². The lowest BCUT2D eigenvalue weighted by atomic mass is 10.1. The van der Waals surface area contributed by atoms with Crippen LogP contribution < -0.4 is 5.32 Å². The largest absolute Gasteiger partial charge is 0.459 e. The summed E-state index contributed by atoms with van der Waals surface area (Å²) in [4.78, 5) is 38.1. The van der Waals surface area contributed by atoms with Gasteiger partial charge in [0.05, 0.1) is 6.54 Å². The first kappa shape index (κ1) is 21.0. The Bertz CT molecular complexity index is 569. The van der Waals surface area contributed by atoms with Crippen LogP contribution in [0.2, 0.25) is 0 Å². The Morgan fingerprint density at radius 3 is 2.74 bits per heavy atom. The molecule has 0 aromatic heterocycles. The van der Waals surface area contributed by atoms with E-state index >= 15 is 0 Å². The Kier molecular flexibility index (Phi) is 8.36. The summed E-state index contributed by atoms with van der Waals surface area (Å²) in [5.41, 5.74) is 0.00821. The third-order valence-corrected chi connectivity index (χ3v) is 4.94. The van der Waals surface area contributed by atoms with Crippen LogP contribution in [0.25, 0.3) is 0 Å². The van der Waals surface area contributed by atoms with E-state index in [0.717, 1.165) is 51.4 Å². The quantitative estimate of drug-likeness (QED) is 0.288. The lowest BCUT2D eigenvalue weighted by molar-refractivity contribution is -0.151. The Labute approximate surface area is 160 Å². The van der Waals surface area contributed by atoms with Gasteiger partial charge in [0.15, 0.2) is 0 Å². The molecule has 0 spiro atoms. The average Bonchev–Trinajstić information content (AvgIpc) is 3.15. The molecule has 2 rings (SSSR count). The molecule has 7 nitrogen and oxygen atoms in total. The summed E-state index contributed by atoms with van der Waals surface area (Å²) in [6.07, 6.45) is 9.15. The van der Waals surface area contributed by atoms with Gasteiger partial charge in [0.1, 0.15) is 24.4 Å². The third-order valence-electron chi connectivity index (χ3n) is 4.94. The Morgan fingerprint density at radius 1 is 1.30 bits per heavy atom. The standard InChI is InChI=1S/C20H30N2O5/c1-3-4-5-6-7-12-17(21-20(25)27-16-10-8-9-11-16)18(23)22-13-14-26-19(24)15(22)2/h3,16-17H,1-2,4-14H2,(H,21,25)/t17-/m0/s1. The minimum absolute atomic E-state index is 0.00821. The van der Waals surface area contributed by atoms with Crippen LogP contribution in [0.5, 0.6) is 0 Å². The molecule has 27 heavy (non-hydrogen) atoms. The van der Waals surface area contributed by atoms with Gasteiger partial charge in [-0.1, -0.05) is 25.5 Å². The van der Waals surface area contributed by atoms with Crippen LogP contribution in [0.1, 0.15) is 57.8 Å². The fourth-order valence-electron chi connectivity index (χ4n) is 3.39. The van der Waals surface area contributed by atoms with Crippen molar-refractivity contribution in [1.29, 1.82) is 0 Å². The molecule has 1 saturated heterocycles. The number of hydrogen-bond donors (Lipinski definition) is 1. The maximum Gasteiger partial charge on any atom is 0.408 e. The number of esters is 1. The highest BCUT2D eigenvalue weighted by Crippen LogP contribution is 2.21. The summed E-state index contributed by atoms with van der Waals surface area (Å²) in [5, 5.41) is 2.70.